The van der Waals surface area contributed by atoms with Gasteiger partial charge in [-0.2, -0.15) is 0 Å². The summed E-state index contributed by atoms with van der Waals surface area (Å²) in [5.74, 6) is 1.05. The molecule has 0 atom stereocenters. The second-order valence-electron chi connectivity index (χ2n) is 18.1. The number of para-hydroxylation sites is 4. The topological polar surface area (TPSA) is 35.9 Å². The van der Waals surface area contributed by atoms with Crippen LogP contribution < -0.4 is 9.30 Å². The molecule has 322 valence electrons. The van der Waals surface area contributed by atoms with Gasteiger partial charge < -0.3 is 4.74 Å². The Balaban J connectivity index is 1.16. The molecule has 0 radical (unpaired) electrons. The fourth-order valence-corrected chi connectivity index (χ4v) is 8.73. The van der Waals surface area contributed by atoms with E-state index in [-0.39, 0.29) is 11.0 Å². The summed E-state index contributed by atoms with van der Waals surface area (Å²) in [6.45, 7) is 13.7. The monoisotopic (exact) mass is 858 g/mol. The van der Waals surface area contributed by atoms with Crippen LogP contribution in [0.3, 0.4) is 0 Å². The maximum atomic E-state index is 9.24. The van der Waals surface area contributed by atoms with E-state index in [0.29, 0.717) is 56.2 Å². The van der Waals surface area contributed by atoms with Crippen molar-refractivity contribution in [1.29, 1.82) is 0 Å². The fraction of sp³-hybridized carbons (Fsp3) is 0.200. The molecule has 0 bridgehead atoms. The van der Waals surface area contributed by atoms with Crippen LogP contribution in [-0.4, -0.2) is 14.1 Å². The third-order valence-electron chi connectivity index (χ3n) is 11.5. The van der Waals surface area contributed by atoms with Gasteiger partial charge in [0.1, 0.15) is 17.3 Å². The summed E-state index contributed by atoms with van der Waals surface area (Å²) in [6, 6.07) is 42.0. The molecule has 0 unspecified atom stereocenters. The maximum Gasteiger partial charge on any atom is 0.269 e. The van der Waals surface area contributed by atoms with E-state index >= 15 is 0 Å². The average molecular weight is 858 g/mol. The SMILES string of the molecule is [2H]c1c([2H])c([2H])c(-c2cccc(-c3cc(C([2H])([2H])C(C)C)cc(C([2H])([2H])C(C)C)c3)c2-[n+]2[c-]n(-c3cccc(Oc4ccc5c6ccccc6n(-c6cc(C(C)(C)C)ccn6)c5c4)c3)c3ccccc32)c([2H])c1[2H]. The van der Waals surface area contributed by atoms with E-state index in [0.717, 1.165) is 33.1 Å². The zero-order chi connectivity index (χ0) is 52.8. The molecule has 65 heavy (non-hydrogen) atoms. The van der Waals surface area contributed by atoms with Crippen LogP contribution in [0.25, 0.3) is 72.3 Å². The van der Waals surface area contributed by atoms with Crippen molar-refractivity contribution >= 4 is 32.8 Å². The Kier molecular flexibility index (Phi) is 8.50. The highest BCUT2D eigenvalue weighted by molar-refractivity contribution is 6.09. The molecule has 7 aromatic carbocycles. The molecule has 5 heteroatoms. The molecule has 0 saturated heterocycles. The van der Waals surface area contributed by atoms with Crippen LogP contribution >= 0.6 is 0 Å². The van der Waals surface area contributed by atoms with Crippen molar-refractivity contribution in [1.82, 2.24) is 14.1 Å². The van der Waals surface area contributed by atoms with Crippen LogP contribution in [-0.2, 0) is 18.2 Å². The van der Waals surface area contributed by atoms with Crippen molar-refractivity contribution in [3.63, 3.8) is 0 Å². The third kappa shape index (κ3) is 8.24. The quantitative estimate of drug-likeness (QED) is 0.0960. The van der Waals surface area contributed by atoms with Gasteiger partial charge >= 0.3 is 0 Å². The fourth-order valence-electron chi connectivity index (χ4n) is 8.73. The molecule has 0 aliphatic carbocycles. The van der Waals surface area contributed by atoms with Crippen molar-refractivity contribution in [3.8, 4) is 50.9 Å². The third-order valence-corrected chi connectivity index (χ3v) is 11.5. The molecule has 0 amide bonds. The van der Waals surface area contributed by atoms with Gasteiger partial charge in [0.15, 0.2) is 0 Å². The van der Waals surface area contributed by atoms with Crippen molar-refractivity contribution < 1.29 is 21.6 Å². The smallest absolute Gasteiger partial charge is 0.269 e. The van der Waals surface area contributed by atoms with Crippen LogP contribution in [0.4, 0.5) is 0 Å². The summed E-state index contributed by atoms with van der Waals surface area (Å²) in [5, 5.41) is 2.16. The van der Waals surface area contributed by atoms with Gasteiger partial charge in [-0.15, -0.1) is 0 Å². The highest BCUT2D eigenvalue weighted by Gasteiger charge is 2.22. The van der Waals surface area contributed by atoms with Crippen LogP contribution in [0.15, 0.2) is 176 Å². The van der Waals surface area contributed by atoms with Gasteiger partial charge in [-0.25, -0.2) is 4.98 Å². The summed E-state index contributed by atoms with van der Waals surface area (Å²) in [4.78, 5) is 4.85. The molecule has 10 aromatic rings. The average Bonchev–Trinajstić information content (AvgIpc) is 3.94. The largest absolute Gasteiger partial charge is 0.458 e. The molecule has 0 fully saturated rings. The second kappa shape index (κ2) is 17.0. The number of nitrogens with zero attached hydrogens (tertiary/aromatic N) is 4. The van der Waals surface area contributed by atoms with Gasteiger partial charge in [0.25, 0.3) is 6.33 Å². The van der Waals surface area contributed by atoms with Gasteiger partial charge in [-0.05, 0) is 117 Å². The number of rotatable bonds is 11. The molecular formula is C60H56N4O. The van der Waals surface area contributed by atoms with Gasteiger partial charge in [0.05, 0.1) is 40.3 Å². The Bertz CT molecular complexity index is 3780. The molecule has 3 aromatic heterocycles. The van der Waals surface area contributed by atoms with Gasteiger partial charge in [-0.3, -0.25) is 13.7 Å². The summed E-state index contributed by atoms with van der Waals surface area (Å²) >= 11 is 0. The summed E-state index contributed by atoms with van der Waals surface area (Å²) in [5.41, 5.74) is 7.39. The summed E-state index contributed by atoms with van der Waals surface area (Å²) < 4.78 is 93.8. The number of ether oxygens (including phenoxy) is 1. The molecule has 0 aliphatic rings. The first-order valence-corrected chi connectivity index (χ1v) is 22.2. The Morgan fingerprint density at radius 3 is 2.05 bits per heavy atom. The zero-order valence-electron chi connectivity index (χ0n) is 46.7. The first-order chi connectivity index (χ1) is 35.1. The number of benzene rings is 7. The number of aromatic nitrogens is 4. The van der Waals surface area contributed by atoms with E-state index in [1.165, 1.54) is 5.56 Å². The van der Waals surface area contributed by atoms with Crippen molar-refractivity contribution in [2.24, 2.45) is 11.8 Å². The first-order valence-electron chi connectivity index (χ1n) is 26.7. The standard InChI is InChI=1S/C60H56N4O/c1-40(2)31-42-33-43(32-41(3)4)35-45(34-42)51-23-16-22-50(44-17-9-8-10-18-44)59(51)63-39-62(55-25-13-14-26-56(55)63)47-19-15-20-48(37-47)65-49-27-28-53-52-21-11-12-24-54(52)64(57(53)38-49)58-36-46(29-30-61-58)60(5,6)7/h8-30,33-38,40-41H,31-32H2,1-7H3/i8D,9D,10D,17D,18D,31D2,32D2. The molecule has 0 spiro atoms. The Morgan fingerprint density at radius 2 is 1.31 bits per heavy atom. The van der Waals surface area contributed by atoms with E-state index in [9.17, 15) is 8.22 Å². The van der Waals surface area contributed by atoms with E-state index in [2.05, 4.69) is 62.0 Å². The molecule has 0 saturated carbocycles. The minimum atomic E-state index is -1.86. The summed E-state index contributed by atoms with van der Waals surface area (Å²) in [6.07, 6.45) is 1.73. The normalized spacial score (nSPS) is 14.4. The zero-order valence-corrected chi connectivity index (χ0v) is 37.7. The predicted molar refractivity (Wildman–Crippen MR) is 269 cm³/mol. The Morgan fingerprint density at radius 1 is 0.646 bits per heavy atom. The minimum absolute atomic E-state index is 0.0268. The molecule has 5 nitrogen and oxygen atoms in total. The van der Waals surface area contributed by atoms with Crippen molar-refractivity contribution in [3.05, 3.63) is 199 Å². The highest BCUT2D eigenvalue weighted by atomic mass is 16.5. The van der Waals surface area contributed by atoms with Crippen LogP contribution in [0.5, 0.6) is 11.5 Å². The lowest BCUT2D eigenvalue weighted by molar-refractivity contribution is -0.571. The Hall–Kier alpha value is -7.24. The number of pyridine rings is 1. The van der Waals surface area contributed by atoms with Crippen LogP contribution in [0, 0.1) is 18.2 Å². The summed E-state index contributed by atoms with van der Waals surface area (Å²) in [7, 11) is 0. The molecule has 0 aliphatic heterocycles. The van der Waals surface area contributed by atoms with Gasteiger partial charge in [0.2, 0.25) is 0 Å². The second-order valence-corrected chi connectivity index (χ2v) is 18.1. The lowest BCUT2D eigenvalue weighted by atomic mass is 9.88. The minimum Gasteiger partial charge on any atom is -0.458 e. The predicted octanol–water partition coefficient (Wildman–Crippen LogP) is 15.0. The molecule has 10 rings (SSSR count). The molecule has 0 N–H and O–H groups in total. The number of imidazole rings is 1. The van der Waals surface area contributed by atoms with Crippen molar-refractivity contribution in [2.45, 2.75) is 66.6 Å². The van der Waals surface area contributed by atoms with Crippen LogP contribution in [0.2, 0.25) is 0 Å². The van der Waals surface area contributed by atoms with Gasteiger partial charge in [0, 0.05) is 28.5 Å². The number of fused-ring (bicyclic) bond motifs is 4. The van der Waals surface area contributed by atoms with E-state index in [4.69, 9.17) is 13.8 Å². The first kappa shape index (κ1) is 32.4. The number of hydrogen-bond acceptors (Lipinski definition) is 2. The molecule has 3 heterocycles. The molecular weight excluding hydrogens is 793 g/mol. The van der Waals surface area contributed by atoms with E-state index in [1.807, 2.05) is 94.2 Å². The maximum absolute atomic E-state index is 9.24. The van der Waals surface area contributed by atoms with Crippen molar-refractivity contribution in [2.75, 3.05) is 0 Å². The van der Waals surface area contributed by atoms with Gasteiger partial charge in [-0.1, -0.05) is 164 Å². The Labute approximate surface area is 395 Å². The lowest BCUT2D eigenvalue weighted by Crippen LogP contribution is -2.31. The van der Waals surface area contributed by atoms with Crippen LogP contribution in [0.1, 0.15) is 77.5 Å². The highest BCUT2D eigenvalue weighted by Crippen LogP contribution is 2.38. The number of hydrogen-bond donors (Lipinski definition) is 0. The lowest BCUT2D eigenvalue weighted by Gasteiger charge is -2.20. The van der Waals surface area contributed by atoms with E-state index < -0.39 is 54.8 Å². The van der Waals surface area contributed by atoms with E-state index in [1.54, 1.807) is 58.0 Å².